The first-order chi connectivity index (χ1) is 26.6. The van der Waals surface area contributed by atoms with Crippen LogP contribution in [-0.2, 0) is 18.4 Å². The number of fused-ring (bicyclic) bond motifs is 16. The molecule has 0 unspecified atom stereocenters. The van der Waals surface area contributed by atoms with Crippen molar-refractivity contribution in [3.8, 4) is 22.5 Å². The van der Waals surface area contributed by atoms with Crippen molar-refractivity contribution in [3.63, 3.8) is 0 Å². The fourth-order valence-corrected chi connectivity index (χ4v) is 11.2. The van der Waals surface area contributed by atoms with Gasteiger partial charge in [0.15, 0.2) is 23.6 Å². The van der Waals surface area contributed by atoms with E-state index in [1.807, 2.05) is 11.3 Å². The molecule has 1 aliphatic heterocycles. The molecule has 0 saturated heterocycles. The van der Waals surface area contributed by atoms with E-state index in [0.29, 0.717) is 0 Å². The smallest absolute Gasteiger partial charge is 0.218 e. The van der Waals surface area contributed by atoms with E-state index in [4.69, 9.17) is 6.58 Å². The molecular formula is C50H41N3S+2. The lowest BCUT2D eigenvalue weighted by atomic mass is 9.85. The lowest BCUT2D eigenvalue weighted by molar-refractivity contribution is -0.758. The maximum Gasteiger partial charge on any atom is 0.218 e. The van der Waals surface area contributed by atoms with Crippen molar-refractivity contribution >= 4 is 75.3 Å². The first-order valence-corrected chi connectivity index (χ1v) is 20.2. The van der Waals surface area contributed by atoms with E-state index in [0.717, 1.165) is 37.8 Å². The van der Waals surface area contributed by atoms with E-state index in [2.05, 4.69) is 167 Å². The van der Waals surface area contributed by atoms with Crippen molar-refractivity contribution in [3.05, 3.63) is 157 Å². The number of hydrogen-bond donors (Lipinski definition) is 0. The number of aryl methyl sites for hydroxylation is 2. The Morgan fingerprint density at radius 2 is 1.35 bits per heavy atom. The Kier molecular flexibility index (Phi) is 6.94. The van der Waals surface area contributed by atoms with Crippen molar-refractivity contribution in [2.75, 3.05) is 0 Å². The van der Waals surface area contributed by atoms with Gasteiger partial charge in [0, 0.05) is 84.4 Å². The minimum atomic E-state index is -0.166. The lowest BCUT2D eigenvalue weighted by Crippen LogP contribution is -2.58. The molecule has 0 N–H and O–H groups in total. The summed E-state index contributed by atoms with van der Waals surface area (Å²) in [6.45, 7) is 9.49. The number of hydrogen-bond acceptors (Lipinski definition) is 1. The number of para-hydroxylation sites is 1. The Labute approximate surface area is 319 Å². The maximum absolute atomic E-state index is 4.79. The maximum atomic E-state index is 4.79. The second kappa shape index (κ2) is 11.8. The summed E-state index contributed by atoms with van der Waals surface area (Å²) in [6.07, 6.45) is 9.20. The molecule has 11 rings (SSSR count). The summed E-state index contributed by atoms with van der Waals surface area (Å²) in [5.74, 6) is 0. The van der Waals surface area contributed by atoms with Gasteiger partial charge in [-0.1, -0.05) is 68.4 Å². The zero-order chi connectivity index (χ0) is 36.1. The normalized spacial score (nSPS) is 14.6. The van der Waals surface area contributed by atoms with Crippen LogP contribution in [0.15, 0.2) is 146 Å². The summed E-state index contributed by atoms with van der Waals surface area (Å²) in [7, 11) is 0. The van der Waals surface area contributed by atoms with Crippen LogP contribution in [0.25, 0.3) is 86.5 Å². The number of benzene rings is 5. The molecule has 0 radical (unpaired) electrons. The molecule has 0 fully saturated rings. The van der Waals surface area contributed by atoms with Crippen molar-refractivity contribution in [1.29, 1.82) is 0 Å². The van der Waals surface area contributed by atoms with Crippen LogP contribution < -0.4 is 9.13 Å². The zero-order valence-corrected chi connectivity index (χ0v) is 31.6. The third kappa shape index (κ3) is 4.35. The minimum Gasteiger partial charge on any atom is -0.308 e. The molecule has 6 heterocycles. The number of aromatic nitrogens is 3. The Bertz CT molecular complexity index is 3140. The van der Waals surface area contributed by atoms with Gasteiger partial charge in [0.25, 0.3) is 0 Å². The molecule has 0 saturated carbocycles. The molecule has 0 atom stereocenters. The van der Waals surface area contributed by atoms with Crippen LogP contribution in [0, 0.1) is 0 Å². The van der Waals surface area contributed by atoms with E-state index in [9.17, 15) is 0 Å². The highest BCUT2D eigenvalue weighted by Crippen LogP contribution is 2.48. The van der Waals surface area contributed by atoms with Crippen molar-refractivity contribution in [2.24, 2.45) is 0 Å². The van der Waals surface area contributed by atoms with Gasteiger partial charge in [0.2, 0.25) is 11.4 Å². The average molecular weight is 716 g/mol. The highest BCUT2D eigenvalue weighted by molar-refractivity contribution is 7.26. The first kappa shape index (κ1) is 31.7. The summed E-state index contributed by atoms with van der Waals surface area (Å²) >= 11 is 1.93. The Morgan fingerprint density at radius 3 is 2.22 bits per heavy atom. The third-order valence-electron chi connectivity index (χ3n) is 12.7. The lowest BCUT2D eigenvalue weighted by Gasteiger charge is -2.28. The number of nitrogens with zero attached hydrogens (tertiary/aromatic N) is 3. The molecule has 5 aromatic heterocycles. The molecule has 0 spiro atoms. The number of thiophene rings is 1. The summed E-state index contributed by atoms with van der Waals surface area (Å²) in [5, 5.41) is 8.08. The van der Waals surface area contributed by atoms with Gasteiger partial charge < -0.3 is 4.40 Å². The van der Waals surface area contributed by atoms with E-state index in [1.165, 1.54) is 91.9 Å². The SMILES string of the molecule is C=C1CC(CC)(CC)[n+]2ccccc2-c2cc3c4cc5c6ccccc6sc5c5c6ccccc6n(c3cc2CCc2ccccc2-c2cccc[n+]21)c45. The summed E-state index contributed by atoms with van der Waals surface area (Å²) in [5.41, 5.74) is 12.7. The fourth-order valence-electron chi connectivity index (χ4n) is 9.93. The second-order valence-corrected chi connectivity index (χ2v) is 16.3. The van der Waals surface area contributed by atoms with Gasteiger partial charge in [-0.3, -0.25) is 0 Å². The van der Waals surface area contributed by atoms with Gasteiger partial charge in [-0.25, -0.2) is 0 Å². The molecule has 54 heavy (non-hydrogen) atoms. The van der Waals surface area contributed by atoms with Crippen molar-refractivity contribution < 1.29 is 9.13 Å². The van der Waals surface area contributed by atoms with Gasteiger partial charge in [0.05, 0.1) is 28.5 Å². The molecular weight excluding hydrogens is 675 g/mol. The Hall–Kier alpha value is -5.84. The molecule has 0 aliphatic carbocycles. The van der Waals surface area contributed by atoms with E-state index in [1.54, 1.807) is 0 Å². The van der Waals surface area contributed by atoms with Crippen LogP contribution in [0.5, 0.6) is 0 Å². The molecule has 3 nitrogen and oxygen atoms in total. The Balaban J connectivity index is 1.27. The first-order valence-electron chi connectivity index (χ1n) is 19.4. The molecule has 4 heteroatoms. The fraction of sp³-hybridized carbons (Fsp3) is 0.160. The van der Waals surface area contributed by atoms with Gasteiger partial charge in [-0.15, -0.1) is 11.3 Å². The standard InChI is InChI=1S/C50H41N3S/c1-4-50(5-2)31-32(3)51-26-14-12-20-42(51)35-17-7-6-16-33(35)24-25-34-28-45-39(29-38(34)43-21-13-15-27-52(43)50)40-30-41-36-18-9-11-23-46(36)54-49(41)47-37-19-8-10-22-44(37)53(45)48(40)47/h6-23,26-30H,3-5,24-25,31H2,1-2H3/q+2. The minimum absolute atomic E-state index is 0.166. The van der Waals surface area contributed by atoms with E-state index in [-0.39, 0.29) is 5.54 Å². The van der Waals surface area contributed by atoms with Gasteiger partial charge in [-0.2, -0.15) is 9.13 Å². The second-order valence-electron chi connectivity index (χ2n) is 15.2. The quantitative estimate of drug-likeness (QED) is 0.158. The van der Waals surface area contributed by atoms with Crippen LogP contribution in [-0.4, -0.2) is 4.40 Å². The topological polar surface area (TPSA) is 12.2 Å². The van der Waals surface area contributed by atoms with Gasteiger partial charge >= 0.3 is 0 Å². The summed E-state index contributed by atoms with van der Waals surface area (Å²) in [6, 6.07) is 47.9. The molecule has 10 aromatic rings. The molecule has 0 bridgehead atoms. The molecule has 5 aromatic carbocycles. The van der Waals surface area contributed by atoms with Gasteiger partial charge in [-0.05, 0) is 79.1 Å². The highest BCUT2D eigenvalue weighted by atomic mass is 32.1. The number of pyridine rings is 2. The molecule has 260 valence electrons. The van der Waals surface area contributed by atoms with E-state index < -0.39 is 0 Å². The third-order valence-corrected chi connectivity index (χ3v) is 13.9. The number of allylic oxidation sites excluding steroid dienone is 1. The predicted molar refractivity (Wildman–Crippen MR) is 228 cm³/mol. The molecule has 0 amide bonds. The summed E-state index contributed by atoms with van der Waals surface area (Å²) in [4.78, 5) is 0. The van der Waals surface area contributed by atoms with E-state index >= 15 is 0 Å². The van der Waals surface area contributed by atoms with Crippen LogP contribution in [0.2, 0.25) is 0 Å². The largest absolute Gasteiger partial charge is 0.308 e. The van der Waals surface area contributed by atoms with Crippen molar-refractivity contribution in [2.45, 2.75) is 51.5 Å². The van der Waals surface area contributed by atoms with Crippen molar-refractivity contribution in [1.82, 2.24) is 4.40 Å². The average Bonchev–Trinajstić information content (AvgIpc) is 3.88. The zero-order valence-electron chi connectivity index (χ0n) is 30.8. The van der Waals surface area contributed by atoms with Gasteiger partial charge in [0.1, 0.15) is 0 Å². The Morgan fingerprint density at radius 1 is 0.630 bits per heavy atom. The van der Waals surface area contributed by atoms with Crippen LogP contribution >= 0.6 is 11.3 Å². The predicted octanol–water partition coefficient (Wildman–Crippen LogP) is 12.3. The van der Waals surface area contributed by atoms with Crippen LogP contribution in [0.3, 0.4) is 0 Å². The van der Waals surface area contributed by atoms with Crippen LogP contribution in [0.4, 0.5) is 0 Å². The van der Waals surface area contributed by atoms with Crippen LogP contribution in [0.1, 0.15) is 44.2 Å². The highest BCUT2D eigenvalue weighted by Gasteiger charge is 2.42. The number of rotatable bonds is 2. The molecule has 1 aliphatic rings. The summed E-state index contributed by atoms with van der Waals surface area (Å²) < 4.78 is 10.3. The monoisotopic (exact) mass is 715 g/mol.